The predicted octanol–water partition coefficient (Wildman–Crippen LogP) is 3.68. The topological polar surface area (TPSA) is 101 Å². The van der Waals surface area contributed by atoms with Crippen molar-refractivity contribution in [3.8, 4) is 0 Å². The van der Waals surface area contributed by atoms with E-state index in [1.807, 2.05) is 17.5 Å². The summed E-state index contributed by atoms with van der Waals surface area (Å²) in [7, 11) is 0. The molecule has 0 aromatic carbocycles. The number of amides is 3. The number of carbonyl (C=O) groups excluding carboxylic acids is 3. The van der Waals surface area contributed by atoms with Crippen LogP contribution in [0.4, 0.5) is 14.9 Å². The molecule has 2 aromatic rings. The maximum Gasteiger partial charge on any atom is 0.322 e. The van der Waals surface area contributed by atoms with Gasteiger partial charge in [-0.05, 0) is 50.1 Å². The number of aromatic nitrogens is 1. The number of hydrogen-bond acceptors (Lipinski definition) is 7. The average Bonchev–Trinajstić information content (AvgIpc) is 3.46. The number of rotatable bonds is 5. The average molecular weight is 449 g/mol. The third-order valence-corrected chi connectivity index (χ3v) is 7.18. The number of aryl methyl sites for hydroxylation is 1. The monoisotopic (exact) mass is 448 g/mol. The van der Waals surface area contributed by atoms with Crippen LogP contribution in [0, 0.1) is 5.92 Å². The van der Waals surface area contributed by atoms with Crippen LogP contribution in [0.5, 0.6) is 0 Å². The van der Waals surface area contributed by atoms with E-state index in [1.54, 1.807) is 11.8 Å². The van der Waals surface area contributed by atoms with E-state index in [1.165, 1.54) is 22.7 Å². The van der Waals surface area contributed by atoms with E-state index in [2.05, 4.69) is 15.6 Å². The van der Waals surface area contributed by atoms with Gasteiger partial charge < -0.3 is 15.0 Å². The van der Waals surface area contributed by atoms with E-state index in [4.69, 9.17) is 4.74 Å². The Kier molecular flexibility index (Phi) is 6.33. The van der Waals surface area contributed by atoms with Gasteiger partial charge in [0.1, 0.15) is 5.92 Å². The normalized spacial score (nSPS) is 20.5. The van der Waals surface area contributed by atoms with Gasteiger partial charge in [0, 0.05) is 18.0 Å². The molecule has 4 rings (SSSR count). The van der Waals surface area contributed by atoms with Crippen molar-refractivity contribution in [2.24, 2.45) is 5.92 Å². The summed E-state index contributed by atoms with van der Waals surface area (Å²) in [6.07, 6.45) is 2.98. The summed E-state index contributed by atoms with van der Waals surface area (Å²) in [6.45, 7) is 3.14. The molecule has 10 heteroatoms. The van der Waals surface area contributed by atoms with Gasteiger partial charge in [0.25, 0.3) is 0 Å². The number of anilines is 2. The Morgan fingerprint density at radius 2 is 2.17 bits per heavy atom. The summed E-state index contributed by atoms with van der Waals surface area (Å²) < 4.78 is 5.14. The number of nitrogens with zero attached hydrogens (tertiary/aromatic N) is 2. The number of fused-ring (bicyclic) bond motifs is 1. The molecule has 2 aliphatic rings. The van der Waals surface area contributed by atoms with Crippen molar-refractivity contribution >= 4 is 50.7 Å². The lowest BCUT2D eigenvalue weighted by Crippen LogP contribution is -2.45. The minimum atomic E-state index is -0.340. The lowest BCUT2D eigenvalue weighted by Gasteiger charge is -2.31. The van der Waals surface area contributed by atoms with Crippen molar-refractivity contribution < 1.29 is 19.1 Å². The maximum atomic E-state index is 12.8. The van der Waals surface area contributed by atoms with Crippen molar-refractivity contribution in [3.05, 3.63) is 28.1 Å². The quantitative estimate of drug-likeness (QED) is 0.680. The molecular weight excluding hydrogens is 424 g/mol. The summed E-state index contributed by atoms with van der Waals surface area (Å²) >= 11 is 2.88. The zero-order valence-electron chi connectivity index (χ0n) is 16.7. The van der Waals surface area contributed by atoms with Gasteiger partial charge in [-0.15, -0.1) is 22.7 Å². The fourth-order valence-corrected chi connectivity index (χ4v) is 5.52. The second-order valence-electron chi connectivity index (χ2n) is 7.35. The lowest BCUT2D eigenvalue weighted by atomic mass is 9.97. The Hall–Kier alpha value is -2.46. The van der Waals surface area contributed by atoms with Gasteiger partial charge in [-0.1, -0.05) is 0 Å². The highest BCUT2D eigenvalue weighted by molar-refractivity contribution is 7.16. The number of esters is 1. The molecule has 0 saturated carbocycles. The number of ether oxygens (including phenoxy) is 1. The van der Waals surface area contributed by atoms with E-state index < -0.39 is 0 Å². The zero-order valence-corrected chi connectivity index (χ0v) is 18.3. The Balaban J connectivity index is 1.35. The molecule has 0 radical (unpaired) electrons. The molecule has 160 valence electrons. The fraction of sp³-hybridized carbons (Fsp3) is 0.500. The number of thiophene rings is 1. The molecule has 2 aromatic heterocycles. The number of carbonyl (C=O) groups is 3. The largest absolute Gasteiger partial charge is 0.465 e. The molecular formula is C20H24N4O4S2. The van der Waals surface area contributed by atoms with Crippen molar-refractivity contribution in [3.63, 3.8) is 0 Å². The van der Waals surface area contributed by atoms with Gasteiger partial charge in [0.2, 0.25) is 5.91 Å². The molecule has 2 N–H and O–H groups in total. The highest BCUT2D eigenvalue weighted by Crippen LogP contribution is 2.39. The van der Waals surface area contributed by atoms with Crippen molar-refractivity contribution in [2.45, 2.75) is 38.5 Å². The summed E-state index contributed by atoms with van der Waals surface area (Å²) in [5, 5.41) is 8.98. The first kappa shape index (κ1) is 20.8. The molecule has 0 bridgehead atoms. The molecule has 0 spiro atoms. The number of likely N-dealkylation sites (tertiary alicyclic amines) is 1. The Morgan fingerprint density at radius 3 is 2.93 bits per heavy atom. The van der Waals surface area contributed by atoms with Crippen LogP contribution in [0.3, 0.4) is 0 Å². The van der Waals surface area contributed by atoms with Gasteiger partial charge in [0.15, 0.2) is 5.13 Å². The molecule has 3 heterocycles. The number of nitrogens with one attached hydrogen (secondary N) is 2. The van der Waals surface area contributed by atoms with Crippen LogP contribution in [0.2, 0.25) is 0 Å². The zero-order chi connectivity index (χ0) is 21.1. The standard InChI is InChI=1S/C20H24N4O4S2/c1-2-28-18(26)13-7-8-14-16(13)22-19(30-14)23-17(25)12-5-3-9-24(11-12)20(27)21-15-6-4-10-29-15/h4,6,10,12-13H,2-3,5,7-9,11H2,1H3,(H,21,27)(H,22,23,25). The van der Waals surface area contributed by atoms with E-state index in [9.17, 15) is 14.4 Å². The molecule has 30 heavy (non-hydrogen) atoms. The third kappa shape index (κ3) is 4.49. The first-order chi connectivity index (χ1) is 14.5. The molecule has 2 atom stereocenters. The van der Waals surface area contributed by atoms with Gasteiger partial charge >= 0.3 is 12.0 Å². The number of piperidine rings is 1. The van der Waals surface area contributed by atoms with Crippen LogP contribution < -0.4 is 10.6 Å². The maximum absolute atomic E-state index is 12.8. The van der Waals surface area contributed by atoms with E-state index in [0.717, 1.165) is 34.8 Å². The molecule has 8 nitrogen and oxygen atoms in total. The van der Waals surface area contributed by atoms with Crippen LogP contribution in [0.1, 0.15) is 42.7 Å². The molecule has 3 amide bonds. The minimum absolute atomic E-state index is 0.135. The van der Waals surface area contributed by atoms with Crippen LogP contribution in [0.25, 0.3) is 0 Å². The SMILES string of the molecule is CCOC(=O)C1CCc2sc(NC(=O)C3CCCN(C(=O)Nc4cccs4)C3)nc21. The van der Waals surface area contributed by atoms with Gasteiger partial charge in [-0.2, -0.15) is 0 Å². The highest BCUT2D eigenvalue weighted by atomic mass is 32.1. The van der Waals surface area contributed by atoms with Crippen LogP contribution >= 0.6 is 22.7 Å². The van der Waals surface area contributed by atoms with E-state index in [-0.39, 0.29) is 29.7 Å². The summed E-state index contributed by atoms with van der Waals surface area (Å²) in [4.78, 5) is 44.6. The van der Waals surface area contributed by atoms with E-state index >= 15 is 0 Å². The lowest BCUT2D eigenvalue weighted by molar-refractivity contribution is -0.145. The van der Waals surface area contributed by atoms with Crippen LogP contribution in [-0.2, 0) is 20.7 Å². The second kappa shape index (κ2) is 9.13. The first-order valence-electron chi connectivity index (χ1n) is 10.1. The fourth-order valence-electron chi connectivity index (χ4n) is 3.87. The van der Waals surface area contributed by atoms with Crippen LogP contribution in [0.15, 0.2) is 17.5 Å². The smallest absolute Gasteiger partial charge is 0.322 e. The summed E-state index contributed by atoms with van der Waals surface area (Å²) in [5.41, 5.74) is 0.731. The number of thiazole rings is 1. The molecule has 1 aliphatic heterocycles. The van der Waals surface area contributed by atoms with Gasteiger partial charge in [0.05, 0.1) is 23.2 Å². The highest BCUT2D eigenvalue weighted by Gasteiger charge is 2.35. The number of hydrogen-bond donors (Lipinski definition) is 2. The van der Waals surface area contributed by atoms with Gasteiger partial charge in [-0.25, -0.2) is 9.78 Å². The number of urea groups is 1. The van der Waals surface area contributed by atoms with E-state index in [0.29, 0.717) is 31.2 Å². The summed E-state index contributed by atoms with van der Waals surface area (Å²) in [5.74, 6) is -1.01. The van der Waals surface area contributed by atoms with Crippen molar-refractivity contribution in [2.75, 3.05) is 30.3 Å². The predicted molar refractivity (Wildman–Crippen MR) is 116 cm³/mol. The minimum Gasteiger partial charge on any atom is -0.465 e. The van der Waals surface area contributed by atoms with Crippen LogP contribution in [-0.4, -0.2) is 47.5 Å². The summed E-state index contributed by atoms with van der Waals surface area (Å²) in [6, 6.07) is 3.55. The second-order valence-corrected chi connectivity index (χ2v) is 9.38. The molecule has 1 fully saturated rings. The first-order valence-corrected chi connectivity index (χ1v) is 11.8. The van der Waals surface area contributed by atoms with Crippen molar-refractivity contribution in [1.29, 1.82) is 0 Å². The molecule has 1 aliphatic carbocycles. The van der Waals surface area contributed by atoms with Crippen molar-refractivity contribution in [1.82, 2.24) is 9.88 Å². The third-order valence-electron chi connectivity index (χ3n) is 5.35. The molecule has 1 saturated heterocycles. The molecule has 2 unspecified atom stereocenters. The Bertz CT molecular complexity index is 927. The Morgan fingerprint density at radius 1 is 1.30 bits per heavy atom. The Labute approximate surface area is 182 Å². The van der Waals surface area contributed by atoms with Gasteiger partial charge in [-0.3, -0.25) is 14.9 Å².